The number of aromatic nitrogens is 1. The molecule has 1 saturated carbocycles. The molecule has 0 aromatic carbocycles. The molecule has 2 heteroatoms. The molecule has 60 valence electrons. The van der Waals surface area contributed by atoms with E-state index < -0.39 is 0 Å². The molecule has 0 atom stereocenters. The minimum Gasteiger partial charge on any atom is -0.445 e. The Morgan fingerprint density at radius 1 is 1.36 bits per heavy atom. The fraction of sp³-hybridized carbons (Fsp3) is 0.667. The van der Waals surface area contributed by atoms with Crippen LogP contribution in [0.5, 0.6) is 0 Å². The number of hydrogen-bond acceptors (Lipinski definition) is 2. The Bertz CT molecular complexity index is 284. The van der Waals surface area contributed by atoms with Crippen molar-refractivity contribution in [1.29, 1.82) is 0 Å². The Balaban J connectivity index is 2.44. The van der Waals surface area contributed by atoms with Gasteiger partial charge in [-0.25, -0.2) is 4.98 Å². The highest BCUT2D eigenvalue weighted by Crippen LogP contribution is 2.48. The average molecular weight is 151 g/mol. The minimum atomic E-state index is 0.325. The van der Waals surface area contributed by atoms with Gasteiger partial charge in [0.1, 0.15) is 5.76 Å². The number of rotatable bonds is 1. The zero-order valence-electron chi connectivity index (χ0n) is 7.27. The molecule has 0 N–H and O–H groups in total. The number of nitrogens with zero attached hydrogens (tertiary/aromatic N) is 1. The van der Waals surface area contributed by atoms with E-state index in [2.05, 4.69) is 11.9 Å². The summed E-state index contributed by atoms with van der Waals surface area (Å²) in [4.78, 5) is 4.25. The molecule has 1 heterocycles. The van der Waals surface area contributed by atoms with Crippen LogP contribution in [0.15, 0.2) is 4.42 Å². The standard InChI is InChI=1S/C9H13NO/c1-6-8(9(3)4-5-9)11-7(2)10-6/h4-5H2,1-3H3. The van der Waals surface area contributed by atoms with Gasteiger partial charge < -0.3 is 4.42 Å². The van der Waals surface area contributed by atoms with Gasteiger partial charge in [-0.15, -0.1) is 0 Å². The fourth-order valence-electron chi connectivity index (χ4n) is 1.51. The SMILES string of the molecule is Cc1nc(C)c(C2(C)CC2)o1. The van der Waals surface area contributed by atoms with Gasteiger partial charge in [-0.2, -0.15) is 0 Å². The molecule has 0 unspecified atom stereocenters. The summed E-state index contributed by atoms with van der Waals surface area (Å²) in [7, 11) is 0. The van der Waals surface area contributed by atoms with Crippen LogP contribution >= 0.6 is 0 Å². The first kappa shape index (κ1) is 6.89. The van der Waals surface area contributed by atoms with Crippen molar-refractivity contribution in [3.63, 3.8) is 0 Å². The summed E-state index contributed by atoms with van der Waals surface area (Å²) in [5, 5.41) is 0. The second kappa shape index (κ2) is 1.87. The lowest BCUT2D eigenvalue weighted by atomic mass is 10.1. The largest absolute Gasteiger partial charge is 0.445 e. The molecule has 11 heavy (non-hydrogen) atoms. The maximum atomic E-state index is 5.53. The quantitative estimate of drug-likeness (QED) is 0.615. The lowest BCUT2D eigenvalue weighted by Gasteiger charge is -2.02. The van der Waals surface area contributed by atoms with Gasteiger partial charge >= 0.3 is 0 Å². The predicted octanol–water partition coefficient (Wildman–Crippen LogP) is 2.34. The van der Waals surface area contributed by atoms with E-state index in [0.717, 1.165) is 17.3 Å². The number of aryl methyl sites for hydroxylation is 2. The third kappa shape index (κ3) is 0.971. The molecule has 2 nitrogen and oxygen atoms in total. The van der Waals surface area contributed by atoms with Gasteiger partial charge in [0.2, 0.25) is 0 Å². The Kier molecular flexibility index (Phi) is 1.17. The zero-order valence-corrected chi connectivity index (χ0v) is 7.27. The van der Waals surface area contributed by atoms with E-state index in [1.54, 1.807) is 0 Å². The summed E-state index contributed by atoms with van der Waals surface area (Å²) in [6.45, 7) is 6.16. The van der Waals surface area contributed by atoms with Crippen LogP contribution < -0.4 is 0 Å². The smallest absolute Gasteiger partial charge is 0.191 e. The van der Waals surface area contributed by atoms with E-state index in [1.807, 2.05) is 13.8 Å². The van der Waals surface area contributed by atoms with Gasteiger partial charge in [0, 0.05) is 12.3 Å². The van der Waals surface area contributed by atoms with Gasteiger partial charge in [0.25, 0.3) is 0 Å². The maximum Gasteiger partial charge on any atom is 0.191 e. The van der Waals surface area contributed by atoms with Crippen molar-refractivity contribution < 1.29 is 4.42 Å². The van der Waals surface area contributed by atoms with Crippen LogP contribution in [0.25, 0.3) is 0 Å². The molecule has 1 aromatic rings. The van der Waals surface area contributed by atoms with Crippen LogP contribution in [-0.2, 0) is 5.41 Å². The summed E-state index contributed by atoms with van der Waals surface area (Å²) in [5.41, 5.74) is 1.40. The zero-order chi connectivity index (χ0) is 8.06. The molecule has 1 aromatic heterocycles. The topological polar surface area (TPSA) is 26.0 Å². The Morgan fingerprint density at radius 3 is 2.36 bits per heavy atom. The molecule has 1 fully saturated rings. The van der Waals surface area contributed by atoms with E-state index in [4.69, 9.17) is 4.42 Å². The molecule has 1 aliphatic rings. The van der Waals surface area contributed by atoms with Crippen LogP contribution in [-0.4, -0.2) is 4.98 Å². The maximum absolute atomic E-state index is 5.53. The van der Waals surface area contributed by atoms with Crippen LogP contribution in [0.4, 0.5) is 0 Å². The highest BCUT2D eigenvalue weighted by Gasteiger charge is 2.43. The monoisotopic (exact) mass is 151 g/mol. The first-order chi connectivity index (χ1) is 5.12. The van der Waals surface area contributed by atoms with Crippen molar-refractivity contribution in [1.82, 2.24) is 4.98 Å². The lowest BCUT2D eigenvalue weighted by Crippen LogP contribution is -1.99. The second-order valence-corrected chi connectivity index (χ2v) is 3.71. The predicted molar refractivity (Wildman–Crippen MR) is 42.6 cm³/mol. The molecule has 0 radical (unpaired) electrons. The average Bonchev–Trinajstić information content (AvgIpc) is 2.55. The molecule has 2 rings (SSSR count). The first-order valence-corrected chi connectivity index (χ1v) is 4.06. The lowest BCUT2D eigenvalue weighted by molar-refractivity contribution is 0.438. The fourth-order valence-corrected chi connectivity index (χ4v) is 1.51. The third-order valence-corrected chi connectivity index (χ3v) is 2.45. The van der Waals surface area contributed by atoms with Crippen LogP contribution in [0.2, 0.25) is 0 Å². The second-order valence-electron chi connectivity index (χ2n) is 3.71. The Hall–Kier alpha value is -0.790. The summed E-state index contributed by atoms with van der Waals surface area (Å²) < 4.78 is 5.53. The molecule has 0 amide bonds. The van der Waals surface area contributed by atoms with Gasteiger partial charge in [0.05, 0.1) is 5.69 Å². The van der Waals surface area contributed by atoms with Gasteiger partial charge in [-0.3, -0.25) is 0 Å². The van der Waals surface area contributed by atoms with Gasteiger partial charge in [0.15, 0.2) is 5.89 Å². The van der Waals surface area contributed by atoms with E-state index in [1.165, 1.54) is 12.8 Å². The van der Waals surface area contributed by atoms with Crippen LogP contribution in [0.3, 0.4) is 0 Å². The minimum absolute atomic E-state index is 0.325. The van der Waals surface area contributed by atoms with Crippen LogP contribution in [0.1, 0.15) is 37.1 Å². The summed E-state index contributed by atoms with van der Waals surface area (Å²) in [6.07, 6.45) is 2.50. The van der Waals surface area contributed by atoms with E-state index >= 15 is 0 Å². The van der Waals surface area contributed by atoms with Crippen molar-refractivity contribution >= 4 is 0 Å². The van der Waals surface area contributed by atoms with Gasteiger partial charge in [-0.05, 0) is 19.8 Å². The molecule has 0 saturated heterocycles. The van der Waals surface area contributed by atoms with Crippen molar-refractivity contribution in [2.75, 3.05) is 0 Å². The molecule has 0 aliphatic heterocycles. The molecule has 1 aliphatic carbocycles. The van der Waals surface area contributed by atoms with Crippen LogP contribution in [0, 0.1) is 13.8 Å². The van der Waals surface area contributed by atoms with E-state index in [0.29, 0.717) is 5.41 Å². The van der Waals surface area contributed by atoms with Crippen molar-refractivity contribution in [3.8, 4) is 0 Å². The number of oxazole rings is 1. The Labute approximate surface area is 66.6 Å². The van der Waals surface area contributed by atoms with E-state index in [-0.39, 0.29) is 0 Å². The Morgan fingerprint density at radius 2 is 2.00 bits per heavy atom. The third-order valence-electron chi connectivity index (χ3n) is 2.45. The molecular formula is C9H13NO. The molecule has 0 bridgehead atoms. The summed E-state index contributed by atoms with van der Waals surface area (Å²) in [5.74, 6) is 1.90. The number of hydrogen-bond donors (Lipinski definition) is 0. The van der Waals surface area contributed by atoms with Crippen molar-refractivity contribution in [3.05, 3.63) is 17.3 Å². The van der Waals surface area contributed by atoms with Crippen molar-refractivity contribution in [2.45, 2.75) is 39.0 Å². The van der Waals surface area contributed by atoms with Crippen molar-refractivity contribution in [2.24, 2.45) is 0 Å². The summed E-state index contributed by atoms with van der Waals surface area (Å²) in [6, 6.07) is 0. The first-order valence-electron chi connectivity index (χ1n) is 4.06. The molecular weight excluding hydrogens is 138 g/mol. The highest BCUT2D eigenvalue weighted by molar-refractivity contribution is 5.24. The molecule has 0 spiro atoms. The van der Waals surface area contributed by atoms with E-state index in [9.17, 15) is 0 Å². The van der Waals surface area contributed by atoms with Gasteiger partial charge in [-0.1, -0.05) is 6.92 Å². The normalized spacial score (nSPS) is 20.3. The highest BCUT2D eigenvalue weighted by atomic mass is 16.4. The summed E-state index contributed by atoms with van der Waals surface area (Å²) >= 11 is 0.